The molecule has 3 fully saturated rings. The smallest absolute Gasteiger partial charge is 0.171 e. The van der Waals surface area contributed by atoms with Gasteiger partial charge in [-0.05, 0) is 55.7 Å². The Hall–Kier alpha value is -0.840. The second-order valence-corrected chi connectivity index (χ2v) is 8.22. The number of rotatable bonds is 3. The van der Waals surface area contributed by atoms with E-state index in [0.717, 1.165) is 33.9 Å². The number of piperidine rings is 2. The van der Waals surface area contributed by atoms with Crippen LogP contribution >= 0.6 is 23.8 Å². The van der Waals surface area contributed by atoms with Gasteiger partial charge in [0.05, 0.1) is 18.1 Å². The van der Waals surface area contributed by atoms with Crippen molar-refractivity contribution in [2.75, 3.05) is 5.32 Å². The molecule has 1 aromatic carbocycles. The third-order valence-electron chi connectivity index (χ3n) is 5.67. The molecule has 5 heteroatoms. The Morgan fingerprint density at radius 3 is 2.26 bits per heavy atom. The Bertz CT molecular complexity index is 558. The van der Waals surface area contributed by atoms with Gasteiger partial charge < -0.3 is 15.5 Å². The van der Waals surface area contributed by atoms with Crippen molar-refractivity contribution < 1.29 is 4.90 Å². The number of quaternary nitrogens is 1. The van der Waals surface area contributed by atoms with Crippen molar-refractivity contribution in [3.63, 3.8) is 0 Å². The standard InChI is InChI=1S/C18H24ClN3S/c19-12-4-6-13(7-5-12)20-18(23)21-14-10-16-2-1-3-17(11-14)22(16)15-8-9-15/h4-7,14-17H,1-3,8-11H2,(H2,20,21,23)/p+1/t14?,16-,17+. The van der Waals surface area contributed by atoms with Crippen LogP contribution in [0.3, 0.4) is 0 Å². The average molecular weight is 351 g/mol. The lowest BCUT2D eigenvalue weighted by Gasteiger charge is -2.46. The summed E-state index contributed by atoms with van der Waals surface area (Å²) in [7, 11) is 0. The van der Waals surface area contributed by atoms with Gasteiger partial charge in [0.25, 0.3) is 0 Å². The van der Waals surface area contributed by atoms with Crippen molar-refractivity contribution in [1.29, 1.82) is 0 Å². The molecule has 2 aliphatic heterocycles. The van der Waals surface area contributed by atoms with E-state index < -0.39 is 0 Å². The summed E-state index contributed by atoms with van der Waals surface area (Å²) in [6.45, 7) is 0. The fraction of sp³-hybridized carbons (Fsp3) is 0.611. The summed E-state index contributed by atoms with van der Waals surface area (Å²) in [6, 6.07) is 10.9. The summed E-state index contributed by atoms with van der Waals surface area (Å²) >= 11 is 11.4. The SMILES string of the molecule is S=C(Nc1ccc(Cl)cc1)NC1C[C@H]2CCC[C@@H](C1)[NH+]2C1CC1. The first kappa shape index (κ1) is 15.7. The quantitative estimate of drug-likeness (QED) is 0.732. The first-order valence-electron chi connectivity index (χ1n) is 8.89. The van der Waals surface area contributed by atoms with Crippen molar-refractivity contribution in [1.82, 2.24) is 5.32 Å². The van der Waals surface area contributed by atoms with E-state index in [9.17, 15) is 0 Å². The van der Waals surface area contributed by atoms with Gasteiger partial charge in [-0.15, -0.1) is 0 Å². The highest BCUT2D eigenvalue weighted by molar-refractivity contribution is 7.80. The number of hydrogen-bond acceptors (Lipinski definition) is 1. The highest BCUT2D eigenvalue weighted by Gasteiger charge is 2.48. The molecule has 0 amide bonds. The minimum absolute atomic E-state index is 0.528. The summed E-state index contributed by atoms with van der Waals surface area (Å²) in [6.07, 6.45) is 9.67. The predicted molar refractivity (Wildman–Crippen MR) is 99.2 cm³/mol. The van der Waals surface area contributed by atoms with Gasteiger partial charge >= 0.3 is 0 Å². The molecule has 2 unspecified atom stereocenters. The molecule has 1 aromatic rings. The topological polar surface area (TPSA) is 28.5 Å². The van der Waals surface area contributed by atoms with Gasteiger partial charge in [-0.1, -0.05) is 11.6 Å². The Kier molecular flexibility index (Phi) is 4.48. The summed E-state index contributed by atoms with van der Waals surface area (Å²) in [5.74, 6) is 0. The summed E-state index contributed by atoms with van der Waals surface area (Å²) in [5, 5.41) is 8.34. The van der Waals surface area contributed by atoms with E-state index in [1.165, 1.54) is 44.9 Å². The van der Waals surface area contributed by atoms with Crippen LogP contribution in [0.1, 0.15) is 44.9 Å². The predicted octanol–water partition coefficient (Wildman–Crippen LogP) is 2.76. The third-order valence-corrected chi connectivity index (χ3v) is 6.14. The van der Waals surface area contributed by atoms with Crippen molar-refractivity contribution in [3.8, 4) is 0 Å². The van der Waals surface area contributed by atoms with Crippen LogP contribution in [0.2, 0.25) is 5.02 Å². The maximum absolute atomic E-state index is 5.92. The van der Waals surface area contributed by atoms with Crippen molar-refractivity contribution >= 4 is 34.6 Å². The van der Waals surface area contributed by atoms with Crippen LogP contribution in [0.15, 0.2) is 24.3 Å². The van der Waals surface area contributed by atoms with E-state index in [2.05, 4.69) is 10.6 Å². The second-order valence-electron chi connectivity index (χ2n) is 7.37. The molecule has 3 N–H and O–H groups in total. The zero-order valence-electron chi connectivity index (χ0n) is 13.4. The van der Waals surface area contributed by atoms with Crippen LogP contribution in [-0.2, 0) is 0 Å². The van der Waals surface area contributed by atoms with Crippen LogP contribution < -0.4 is 15.5 Å². The molecule has 23 heavy (non-hydrogen) atoms. The Morgan fingerprint density at radius 1 is 1.00 bits per heavy atom. The van der Waals surface area contributed by atoms with Gasteiger partial charge in [0.2, 0.25) is 0 Å². The first-order chi connectivity index (χ1) is 11.2. The normalized spacial score (nSPS) is 33.1. The van der Waals surface area contributed by atoms with E-state index in [4.69, 9.17) is 23.8 Å². The number of hydrogen-bond donors (Lipinski definition) is 3. The number of thiocarbonyl (C=S) groups is 1. The minimum Gasteiger partial charge on any atom is -0.359 e. The zero-order valence-corrected chi connectivity index (χ0v) is 14.9. The molecule has 3 nitrogen and oxygen atoms in total. The van der Waals surface area contributed by atoms with E-state index in [0.29, 0.717) is 6.04 Å². The monoisotopic (exact) mass is 350 g/mol. The number of benzene rings is 1. The molecule has 4 rings (SSSR count). The van der Waals surface area contributed by atoms with Crippen LogP contribution in [0.4, 0.5) is 5.69 Å². The van der Waals surface area contributed by atoms with E-state index in [-0.39, 0.29) is 0 Å². The van der Waals surface area contributed by atoms with E-state index >= 15 is 0 Å². The van der Waals surface area contributed by atoms with Crippen LogP contribution in [0, 0.1) is 0 Å². The number of nitrogens with one attached hydrogen (secondary N) is 3. The molecule has 2 saturated heterocycles. The summed E-state index contributed by atoms with van der Waals surface area (Å²) < 4.78 is 0. The maximum Gasteiger partial charge on any atom is 0.171 e. The molecule has 2 heterocycles. The van der Waals surface area contributed by atoms with Crippen molar-refractivity contribution in [2.45, 2.75) is 69.1 Å². The molecular weight excluding hydrogens is 326 g/mol. The molecule has 0 spiro atoms. The largest absolute Gasteiger partial charge is 0.359 e. The fourth-order valence-electron chi connectivity index (χ4n) is 4.66. The van der Waals surface area contributed by atoms with Crippen molar-refractivity contribution in [2.24, 2.45) is 0 Å². The molecule has 1 saturated carbocycles. The first-order valence-corrected chi connectivity index (χ1v) is 9.67. The number of fused-ring (bicyclic) bond motifs is 2. The van der Waals surface area contributed by atoms with E-state index in [1.54, 1.807) is 0 Å². The molecular formula is C18H25ClN3S+. The van der Waals surface area contributed by atoms with Gasteiger partial charge in [0, 0.05) is 42.4 Å². The van der Waals surface area contributed by atoms with Crippen LogP contribution in [-0.4, -0.2) is 29.3 Å². The molecule has 2 bridgehead atoms. The molecule has 4 atom stereocenters. The third kappa shape index (κ3) is 3.65. The summed E-state index contributed by atoms with van der Waals surface area (Å²) in [4.78, 5) is 1.94. The lowest BCUT2D eigenvalue weighted by molar-refractivity contribution is -0.971. The lowest BCUT2D eigenvalue weighted by atomic mass is 9.81. The van der Waals surface area contributed by atoms with Gasteiger partial charge in [-0.3, -0.25) is 0 Å². The average Bonchev–Trinajstić information content (AvgIpc) is 3.33. The van der Waals surface area contributed by atoms with Gasteiger partial charge in [0.15, 0.2) is 5.11 Å². The van der Waals surface area contributed by atoms with Gasteiger partial charge in [0.1, 0.15) is 0 Å². The molecule has 3 aliphatic rings. The molecule has 124 valence electrons. The van der Waals surface area contributed by atoms with Gasteiger partial charge in [-0.2, -0.15) is 0 Å². The minimum atomic E-state index is 0.528. The Morgan fingerprint density at radius 2 is 1.65 bits per heavy atom. The fourth-order valence-corrected chi connectivity index (χ4v) is 5.07. The molecule has 1 aliphatic carbocycles. The number of anilines is 1. The van der Waals surface area contributed by atoms with Gasteiger partial charge in [-0.25, -0.2) is 0 Å². The molecule has 0 radical (unpaired) electrons. The number of halogens is 1. The van der Waals surface area contributed by atoms with E-state index in [1.807, 2.05) is 29.2 Å². The lowest BCUT2D eigenvalue weighted by Crippen LogP contribution is -3.22. The Balaban J connectivity index is 1.34. The highest BCUT2D eigenvalue weighted by Crippen LogP contribution is 2.27. The highest BCUT2D eigenvalue weighted by atomic mass is 35.5. The molecule has 0 aromatic heterocycles. The Labute approximate surface area is 148 Å². The zero-order chi connectivity index (χ0) is 15.8. The van der Waals surface area contributed by atoms with Crippen molar-refractivity contribution in [3.05, 3.63) is 29.3 Å². The van der Waals surface area contributed by atoms with Crippen LogP contribution in [0.25, 0.3) is 0 Å². The van der Waals surface area contributed by atoms with Crippen LogP contribution in [0.5, 0.6) is 0 Å². The maximum atomic E-state index is 5.92. The summed E-state index contributed by atoms with van der Waals surface area (Å²) in [5.41, 5.74) is 0.994. The second kappa shape index (κ2) is 6.58.